The maximum atomic E-state index is 13.0. The molecule has 0 radical (unpaired) electrons. The zero-order valence-corrected chi connectivity index (χ0v) is 22.3. The topological polar surface area (TPSA) is 84.9 Å². The van der Waals surface area contributed by atoms with E-state index in [1.807, 2.05) is 36.1 Å². The van der Waals surface area contributed by atoms with E-state index in [0.29, 0.717) is 44.0 Å². The van der Waals surface area contributed by atoms with Crippen LogP contribution in [0, 0.1) is 5.92 Å². The smallest absolute Gasteiger partial charge is 0.309 e. The van der Waals surface area contributed by atoms with Crippen molar-refractivity contribution in [1.29, 1.82) is 0 Å². The Morgan fingerprint density at radius 3 is 2.42 bits per heavy atom. The van der Waals surface area contributed by atoms with Gasteiger partial charge in [0.2, 0.25) is 0 Å². The number of anilines is 1. The van der Waals surface area contributed by atoms with Crippen molar-refractivity contribution in [2.24, 2.45) is 5.92 Å². The molecule has 0 bridgehead atoms. The first kappa shape index (κ1) is 26.4. The number of piperidine rings is 1. The van der Waals surface area contributed by atoms with Gasteiger partial charge in [-0.05, 0) is 43.4 Å². The fraction of sp³-hybridized carbons (Fsp3) is 0.556. The molecule has 194 valence electrons. The molecule has 2 saturated heterocycles. The van der Waals surface area contributed by atoms with Crippen LogP contribution in [-0.2, 0) is 20.0 Å². The molecule has 0 unspecified atom stereocenters. The van der Waals surface area contributed by atoms with Gasteiger partial charge in [0.25, 0.3) is 5.91 Å². The van der Waals surface area contributed by atoms with Crippen molar-refractivity contribution in [3.8, 4) is 0 Å². The quantitative estimate of drug-likeness (QED) is 0.296. The van der Waals surface area contributed by atoms with E-state index >= 15 is 0 Å². The molecule has 3 heterocycles. The summed E-state index contributed by atoms with van der Waals surface area (Å²) in [6.45, 7) is 10.8. The number of aromatic nitrogens is 2. The maximum Gasteiger partial charge on any atom is 0.309 e. The number of carbonyl (C=O) groups excluding carboxylic acids is 2. The van der Waals surface area contributed by atoms with Gasteiger partial charge in [-0.2, -0.15) is 0 Å². The molecule has 0 N–H and O–H groups in total. The summed E-state index contributed by atoms with van der Waals surface area (Å²) >= 11 is 1.61. The average molecular weight is 513 g/mol. The van der Waals surface area contributed by atoms with Crippen LogP contribution in [0.2, 0.25) is 0 Å². The van der Waals surface area contributed by atoms with Crippen molar-refractivity contribution in [2.45, 2.75) is 50.4 Å². The first-order valence-corrected chi connectivity index (χ1v) is 13.8. The van der Waals surface area contributed by atoms with Crippen molar-refractivity contribution in [1.82, 2.24) is 14.9 Å². The monoisotopic (exact) mass is 512 g/mol. The summed E-state index contributed by atoms with van der Waals surface area (Å²) in [5.74, 6) is 1.77. The van der Waals surface area contributed by atoms with Gasteiger partial charge >= 0.3 is 5.97 Å². The minimum absolute atomic E-state index is 0.0135. The van der Waals surface area contributed by atoms with E-state index in [9.17, 15) is 9.59 Å². The molecule has 0 spiro atoms. The minimum atomic E-state index is -0.147. The van der Waals surface area contributed by atoms with Crippen LogP contribution < -0.4 is 4.90 Å². The highest BCUT2D eigenvalue weighted by Gasteiger charge is 2.28. The van der Waals surface area contributed by atoms with E-state index in [1.54, 1.807) is 11.8 Å². The molecule has 0 saturated carbocycles. The fourth-order valence-corrected chi connectivity index (χ4v) is 5.21. The van der Waals surface area contributed by atoms with Gasteiger partial charge < -0.3 is 19.3 Å². The van der Waals surface area contributed by atoms with E-state index in [0.717, 1.165) is 54.3 Å². The predicted octanol–water partition coefficient (Wildman–Crippen LogP) is 4.14. The number of hydrogen-bond donors (Lipinski definition) is 0. The molecular weight excluding hydrogens is 476 g/mol. The third kappa shape index (κ3) is 6.76. The lowest BCUT2D eigenvalue weighted by molar-refractivity contribution is -0.149. The summed E-state index contributed by atoms with van der Waals surface area (Å²) in [6, 6.07) is 9.87. The number of benzene rings is 1. The van der Waals surface area contributed by atoms with Gasteiger partial charge in [0.1, 0.15) is 5.82 Å². The second kappa shape index (κ2) is 12.5. The van der Waals surface area contributed by atoms with Crippen molar-refractivity contribution in [3.05, 3.63) is 47.2 Å². The third-order valence-corrected chi connectivity index (χ3v) is 7.53. The Morgan fingerprint density at radius 2 is 1.78 bits per heavy atom. The van der Waals surface area contributed by atoms with E-state index in [-0.39, 0.29) is 17.8 Å². The lowest BCUT2D eigenvalue weighted by atomic mass is 9.96. The average Bonchev–Trinajstić information content (AvgIpc) is 2.92. The van der Waals surface area contributed by atoms with Crippen molar-refractivity contribution in [3.63, 3.8) is 0 Å². The first-order chi connectivity index (χ1) is 17.4. The summed E-state index contributed by atoms with van der Waals surface area (Å²) < 4.78 is 10.6. The molecule has 2 aromatic rings. The summed E-state index contributed by atoms with van der Waals surface area (Å²) in [5, 5.41) is 0.771. The molecule has 2 aliphatic heterocycles. The summed E-state index contributed by atoms with van der Waals surface area (Å²) in [5.41, 5.74) is 2.83. The second-order valence-corrected chi connectivity index (χ2v) is 10.4. The molecule has 4 rings (SSSR count). The van der Waals surface area contributed by atoms with Gasteiger partial charge in [0.15, 0.2) is 5.16 Å². The van der Waals surface area contributed by atoms with Gasteiger partial charge in [-0.1, -0.05) is 37.7 Å². The van der Waals surface area contributed by atoms with Crippen LogP contribution >= 0.6 is 11.8 Å². The number of nitrogens with zero attached hydrogens (tertiary/aromatic N) is 4. The number of amides is 1. The molecule has 8 nitrogen and oxygen atoms in total. The Morgan fingerprint density at radius 1 is 1.08 bits per heavy atom. The minimum Gasteiger partial charge on any atom is -0.466 e. The predicted molar refractivity (Wildman–Crippen MR) is 140 cm³/mol. The van der Waals surface area contributed by atoms with E-state index < -0.39 is 0 Å². The highest BCUT2D eigenvalue weighted by atomic mass is 32.2. The Labute approximate surface area is 217 Å². The Kier molecular flexibility index (Phi) is 9.20. The fourth-order valence-electron chi connectivity index (χ4n) is 4.40. The van der Waals surface area contributed by atoms with Gasteiger partial charge in [0.05, 0.1) is 25.7 Å². The number of rotatable bonds is 8. The second-order valence-electron chi connectivity index (χ2n) is 9.49. The molecule has 2 aliphatic rings. The van der Waals surface area contributed by atoms with Crippen molar-refractivity contribution >= 4 is 29.5 Å². The van der Waals surface area contributed by atoms with Gasteiger partial charge in [-0.25, -0.2) is 9.97 Å². The van der Waals surface area contributed by atoms with Gasteiger partial charge in [-0.15, -0.1) is 0 Å². The number of ether oxygens (including phenoxy) is 2. The zero-order chi connectivity index (χ0) is 25.5. The van der Waals surface area contributed by atoms with E-state index in [1.165, 1.54) is 0 Å². The number of morpholine rings is 1. The highest BCUT2D eigenvalue weighted by molar-refractivity contribution is 7.98. The number of carbonyl (C=O) groups is 2. The standard InChI is InChI=1S/C27H36N4O4S/c1-4-35-26(33)22-9-11-31(12-10-22)25(32)21-7-5-20(6-8-21)18-36-27-28-23(19(2)3)17-24(29-27)30-13-15-34-16-14-30/h5-8,17,19,22H,4,9-16,18H2,1-3H3. The molecule has 1 amide bonds. The molecule has 0 atom stereocenters. The highest BCUT2D eigenvalue weighted by Crippen LogP contribution is 2.27. The Balaban J connectivity index is 1.34. The van der Waals surface area contributed by atoms with Crippen LogP contribution in [0.5, 0.6) is 0 Å². The van der Waals surface area contributed by atoms with Crippen LogP contribution in [0.15, 0.2) is 35.5 Å². The van der Waals surface area contributed by atoms with Crippen LogP contribution in [0.25, 0.3) is 0 Å². The lowest BCUT2D eigenvalue weighted by Crippen LogP contribution is -2.40. The van der Waals surface area contributed by atoms with Crippen molar-refractivity contribution < 1.29 is 19.1 Å². The summed E-state index contributed by atoms with van der Waals surface area (Å²) in [7, 11) is 0. The number of thioether (sulfide) groups is 1. The molecular formula is C27H36N4O4S. The zero-order valence-electron chi connectivity index (χ0n) is 21.4. The first-order valence-electron chi connectivity index (χ1n) is 12.8. The summed E-state index contributed by atoms with van der Waals surface area (Å²) in [4.78, 5) is 38.6. The third-order valence-electron chi connectivity index (χ3n) is 6.61. The van der Waals surface area contributed by atoms with Crippen LogP contribution in [-0.4, -0.2) is 72.7 Å². The van der Waals surface area contributed by atoms with Crippen LogP contribution in [0.1, 0.15) is 61.1 Å². The van der Waals surface area contributed by atoms with E-state index in [4.69, 9.17) is 19.4 Å². The van der Waals surface area contributed by atoms with Crippen LogP contribution in [0.4, 0.5) is 5.82 Å². The molecule has 0 aliphatic carbocycles. The van der Waals surface area contributed by atoms with Crippen molar-refractivity contribution in [2.75, 3.05) is 50.9 Å². The Bertz CT molecular complexity index is 1030. The largest absolute Gasteiger partial charge is 0.466 e. The number of esters is 1. The number of hydrogen-bond acceptors (Lipinski definition) is 8. The molecule has 1 aromatic carbocycles. The van der Waals surface area contributed by atoms with Gasteiger partial charge in [0, 0.05) is 49.3 Å². The number of likely N-dealkylation sites (tertiary alicyclic amines) is 1. The van der Waals surface area contributed by atoms with Crippen LogP contribution in [0.3, 0.4) is 0 Å². The SMILES string of the molecule is CCOC(=O)C1CCN(C(=O)c2ccc(CSc3nc(C(C)C)cc(N4CCOCC4)n3)cc2)CC1. The maximum absolute atomic E-state index is 13.0. The Hall–Kier alpha value is -2.65. The molecule has 9 heteroatoms. The molecule has 1 aromatic heterocycles. The van der Waals surface area contributed by atoms with E-state index in [2.05, 4.69) is 24.8 Å². The lowest BCUT2D eigenvalue weighted by Gasteiger charge is -2.31. The molecule has 36 heavy (non-hydrogen) atoms. The molecule has 2 fully saturated rings. The van der Waals surface area contributed by atoms with Gasteiger partial charge in [-0.3, -0.25) is 9.59 Å². The summed E-state index contributed by atoms with van der Waals surface area (Å²) in [6.07, 6.45) is 1.31. The normalized spacial score (nSPS) is 16.9.